The van der Waals surface area contributed by atoms with E-state index in [4.69, 9.17) is 0 Å². The van der Waals surface area contributed by atoms with Gasteiger partial charge in [0.2, 0.25) is 0 Å². The number of amides is 2. The standard InChI is InChI=1S/C19H13N3O5S/c23-15-7-4-10-20-17(15)21-18(24)12-8-9-14-16(11-12)28(26,27)22(19(14)25)13-5-2-1-3-6-13/h1-11,23H,(H,20,21,24). The Balaban J connectivity index is 1.72. The first kappa shape index (κ1) is 17.7. The summed E-state index contributed by atoms with van der Waals surface area (Å²) in [5, 5.41) is 12.1. The van der Waals surface area contributed by atoms with Crippen molar-refractivity contribution in [2.45, 2.75) is 4.90 Å². The third kappa shape index (κ3) is 2.78. The van der Waals surface area contributed by atoms with Crippen molar-refractivity contribution in [2.75, 3.05) is 9.62 Å². The molecule has 140 valence electrons. The van der Waals surface area contributed by atoms with E-state index in [1.54, 1.807) is 18.2 Å². The molecule has 2 heterocycles. The number of para-hydroxylation sites is 1. The molecular weight excluding hydrogens is 382 g/mol. The van der Waals surface area contributed by atoms with Gasteiger partial charge in [-0.15, -0.1) is 0 Å². The number of carbonyl (C=O) groups excluding carboxylic acids is 2. The third-order valence-corrected chi connectivity index (χ3v) is 5.94. The Labute approximate surface area is 160 Å². The van der Waals surface area contributed by atoms with Crippen molar-refractivity contribution in [3.63, 3.8) is 0 Å². The lowest BCUT2D eigenvalue weighted by molar-refractivity contribution is 0.100. The summed E-state index contributed by atoms with van der Waals surface area (Å²) in [6, 6.07) is 14.6. The van der Waals surface area contributed by atoms with E-state index in [1.165, 1.54) is 42.6 Å². The van der Waals surface area contributed by atoms with Gasteiger partial charge in [0.05, 0.1) is 11.3 Å². The minimum atomic E-state index is -4.15. The Kier molecular flexibility index (Phi) is 4.08. The molecule has 2 aromatic carbocycles. The van der Waals surface area contributed by atoms with Gasteiger partial charge in [-0.2, -0.15) is 4.31 Å². The van der Waals surface area contributed by atoms with Gasteiger partial charge in [-0.3, -0.25) is 9.59 Å². The smallest absolute Gasteiger partial charge is 0.273 e. The van der Waals surface area contributed by atoms with Crippen molar-refractivity contribution >= 4 is 33.3 Å². The lowest BCUT2D eigenvalue weighted by atomic mass is 10.1. The molecule has 0 unspecified atom stereocenters. The van der Waals surface area contributed by atoms with Crippen molar-refractivity contribution in [3.05, 3.63) is 78.0 Å². The highest BCUT2D eigenvalue weighted by Crippen LogP contribution is 2.35. The number of benzene rings is 2. The number of hydrogen-bond donors (Lipinski definition) is 2. The third-order valence-electron chi connectivity index (χ3n) is 4.19. The van der Waals surface area contributed by atoms with Crippen LogP contribution in [-0.2, 0) is 10.0 Å². The Hall–Kier alpha value is -3.72. The second kappa shape index (κ2) is 6.46. The fourth-order valence-electron chi connectivity index (χ4n) is 2.86. The molecule has 0 atom stereocenters. The zero-order valence-electron chi connectivity index (χ0n) is 14.2. The monoisotopic (exact) mass is 395 g/mol. The molecule has 1 aliphatic rings. The van der Waals surface area contributed by atoms with Gasteiger partial charge >= 0.3 is 0 Å². The van der Waals surface area contributed by atoms with Gasteiger partial charge < -0.3 is 10.4 Å². The van der Waals surface area contributed by atoms with Crippen LogP contribution in [0.5, 0.6) is 5.75 Å². The van der Waals surface area contributed by atoms with Gasteiger partial charge in [-0.1, -0.05) is 18.2 Å². The number of aromatic nitrogens is 1. The minimum absolute atomic E-state index is 0.00934. The van der Waals surface area contributed by atoms with E-state index in [-0.39, 0.29) is 33.3 Å². The Bertz CT molecular complexity index is 1210. The van der Waals surface area contributed by atoms with Gasteiger partial charge in [-0.25, -0.2) is 13.4 Å². The number of carbonyl (C=O) groups is 2. The van der Waals surface area contributed by atoms with Crippen LogP contribution >= 0.6 is 0 Å². The maximum Gasteiger partial charge on any atom is 0.273 e. The maximum atomic E-state index is 12.9. The van der Waals surface area contributed by atoms with Gasteiger partial charge in [-0.05, 0) is 42.5 Å². The predicted octanol–water partition coefficient (Wildman–Crippen LogP) is 2.39. The fraction of sp³-hybridized carbons (Fsp3) is 0. The summed E-state index contributed by atoms with van der Waals surface area (Å²) in [5.74, 6) is -1.64. The fourth-order valence-corrected chi connectivity index (χ4v) is 4.48. The van der Waals surface area contributed by atoms with Crippen molar-refractivity contribution < 1.29 is 23.1 Å². The second-order valence-corrected chi connectivity index (χ2v) is 7.70. The number of fused-ring (bicyclic) bond motifs is 1. The first-order valence-corrected chi connectivity index (χ1v) is 9.58. The number of anilines is 2. The highest BCUT2D eigenvalue weighted by atomic mass is 32.2. The number of rotatable bonds is 3. The first-order valence-electron chi connectivity index (χ1n) is 8.13. The van der Waals surface area contributed by atoms with Crippen molar-refractivity contribution in [3.8, 4) is 5.75 Å². The molecule has 0 radical (unpaired) electrons. The van der Waals surface area contributed by atoms with Gasteiger partial charge in [0.25, 0.3) is 21.8 Å². The predicted molar refractivity (Wildman–Crippen MR) is 101 cm³/mol. The van der Waals surface area contributed by atoms with Crippen LogP contribution in [0, 0.1) is 0 Å². The summed E-state index contributed by atoms with van der Waals surface area (Å²) in [6.07, 6.45) is 1.39. The Morgan fingerprint density at radius 3 is 2.50 bits per heavy atom. The minimum Gasteiger partial charge on any atom is -0.504 e. The summed E-state index contributed by atoms with van der Waals surface area (Å²) >= 11 is 0. The summed E-state index contributed by atoms with van der Waals surface area (Å²) < 4.78 is 26.5. The molecule has 0 bridgehead atoms. The van der Waals surface area contributed by atoms with Crippen LogP contribution in [0.4, 0.5) is 11.5 Å². The largest absolute Gasteiger partial charge is 0.504 e. The number of sulfonamides is 1. The Morgan fingerprint density at radius 1 is 1.04 bits per heavy atom. The van der Waals surface area contributed by atoms with E-state index < -0.39 is 21.8 Å². The SMILES string of the molecule is O=C(Nc1ncccc1O)c1ccc2c(c1)S(=O)(=O)N(c1ccccc1)C2=O. The molecule has 28 heavy (non-hydrogen) atoms. The molecule has 0 saturated carbocycles. The quantitative estimate of drug-likeness (QED) is 0.703. The highest BCUT2D eigenvalue weighted by Gasteiger charge is 2.42. The normalized spacial score (nSPS) is 14.6. The van der Waals surface area contributed by atoms with Crippen molar-refractivity contribution in [1.82, 2.24) is 4.98 Å². The second-order valence-electron chi connectivity index (χ2n) is 5.95. The van der Waals surface area contributed by atoms with Crippen LogP contribution in [0.2, 0.25) is 0 Å². The van der Waals surface area contributed by atoms with E-state index >= 15 is 0 Å². The number of hydrogen-bond acceptors (Lipinski definition) is 6. The molecule has 0 spiro atoms. The van der Waals surface area contributed by atoms with Crippen LogP contribution in [0.3, 0.4) is 0 Å². The van der Waals surface area contributed by atoms with E-state index in [9.17, 15) is 23.1 Å². The maximum absolute atomic E-state index is 12.9. The molecule has 1 aromatic heterocycles. The molecule has 2 amide bonds. The molecule has 8 nitrogen and oxygen atoms in total. The zero-order valence-corrected chi connectivity index (χ0v) is 15.1. The highest BCUT2D eigenvalue weighted by molar-refractivity contribution is 7.94. The van der Waals surface area contributed by atoms with Crippen LogP contribution in [0.25, 0.3) is 0 Å². The van der Waals surface area contributed by atoms with E-state index in [1.807, 2.05) is 0 Å². The molecule has 0 fully saturated rings. The molecule has 1 aliphatic heterocycles. The van der Waals surface area contributed by atoms with E-state index in [2.05, 4.69) is 10.3 Å². The van der Waals surface area contributed by atoms with Crippen LogP contribution in [0.15, 0.2) is 71.8 Å². The molecule has 3 aromatic rings. The summed E-state index contributed by atoms with van der Waals surface area (Å²) in [4.78, 5) is 28.7. The van der Waals surface area contributed by atoms with Gasteiger partial charge in [0, 0.05) is 11.8 Å². The summed E-state index contributed by atoms with van der Waals surface area (Å²) in [5.41, 5.74) is 0.212. The summed E-state index contributed by atoms with van der Waals surface area (Å²) in [7, 11) is -4.15. The number of nitrogens with zero attached hydrogens (tertiary/aromatic N) is 2. The molecule has 0 saturated heterocycles. The van der Waals surface area contributed by atoms with Crippen LogP contribution < -0.4 is 9.62 Å². The van der Waals surface area contributed by atoms with Crippen LogP contribution in [0.1, 0.15) is 20.7 Å². The van der Waals surface area contributed by atoms with Crippen molar-refractivity contribution in [2.24, 2.45) is 0 Å². The molecule has 2 N–H and O–H groups in total. The van der Waals surface area contributed by atoms with Gasteiger partial charge in [0.15, 0.2) is 11.6 Å². The van der Waals surface area contributed by atoms with E-state index in [0.717, 1.165) is 6.07 Å². The lowest BCUT2D eigenvalue weighted by Gasteiger charge is -2.14. The Morgan fingerprint density at radius 2 is 1.79 bits per heavy atom. The topological polar surface area (TPSA) is 117 Å². The molecule has 9 heteroatoms. The van der Waals surface area contributed by atoms with E-state index in [0.29, 0.717) is 4.31 Å². The zero-order chi connectivity index (χ0) is 19.9. The van der Waals surface area contributed by atoms with Crippen LogP contribution in [-0.4, -0.2) is 30.3 Å². The average molecular weight is 395 g/mol. The summed E-state index contributed by atoms with van der Waals surface area (Å²) in [6.45, 7) is 0. The number of pyridine rings is 1. The lowest BCUT2D eigenvalue weighted by Crippen LogP contribution is -2.29. The molecule has 4 rings (SSSR count). The molecule has 0 aliphatic carbocycles. The van der Waals surface area contributed by atoms with Crippen molar-refractivity contribution in [1.29, 1.82) is 0 Å². The number of nitrogens with one attached hydrogen (secondary N) is 1. The van der Waals surface area contributed by atoms with Gasteiger partial charge in [0.1, 0.15) is 4.90 Å². The average Bonchev–Trinajstić information content (AvgIpc) is 2.89. The molecular formula is C19H13N3O5S. The number of aromatic hydroxyl groups is 1. The first-order chi connectivity index (χ1) is 13.4.